The van der Waals surface area contributed by atoms with Gasteiger partial charge >= 0.3 is 12.1 Å². The monoisotopic (exact) mass is 452 g/mol. The number of carboxylic acid groups (broad SMARTS) is 1. The van der Waals surface area contributed by atoms with Crippen molar-refractivity contribution in [2.24, 2.45) is 0 Å². The minimum absolute atomic E-state index is 0.0457. The molecule has 2 aromatic carbocycles. The van der Waals surface area contributed by atoms with Gasteiger partial charge in [-0.05, 0) is 32.6 Å². The number of ether oxygens (including phenoxy) is 1. The minimum Gasteiger partial charge on any atom is -0.480 e. The normalized spacial score (nSPS) is 12.0. The van der Waals surface area contributed by atoms with Gasteiger partial charge < -0.3 is 19.8 Å². The molecule has 170 valence electrons. The molecule has 1 aliphatic carbocycles. The first kappa shape index (κ1) is 22.0. The van der Waals surface area contributed by atoms with E-state index in [4.69, 9.17) is 14.9 Å². The fourth-order valence-electron chi connectivity index (χ4n) is 3.83. The number of fused-ring (bicyclic) bond motifs is 3. The van der Waals surface area contributed by atoms with Gasteiger partial charge in [-0.2, -0.15) is 0 Å². The summed E-state index contributed by atoms with van der Waals surface area (Å²) in [6, 6.07) is 15.7. The molecule has 11 nitrogen and oxygen atoms in total. The molecule has 3 aromatic rings. The molecule has 0 radical (unpaired) electrons. The van der Waals surface area contributed by atoms with E-state index in [2.05, 4.69) is 20.3 Å². The number of aliphatic hydroxyl groups excluding tert-OH is 1. The number of nitrogens with zero attached hydrogens (tertiary/aromatic N) is 3. The van der Waals surface area contributed by atoms with E-state index in [1.54, 1.807) is 0 Å². The first-order chi connectivity index (χ1) is 16.0. The van der Waals surface area contributed by atoms with Gasteiger partial charge in [0.1, 0.15) is 13.2 Å². The number of carbonyl (C=O) groups excluding carboxylic acids is 2. The van der Waals surface area contributed by atoms with Crippen molar-refractivity contribution in [3.05, 3.63) is 65.4 Å². The van der Waals surface area contributed by atoms with Crippen molar-refractivity contribution in [1.29, 1.82) is 0 Å². The molecule has 0 saturated heterocycles. The molecule has 11 heteroatoms. The van der Waals surface area contributed by atoms with Crippen LogP contribution >= 0.6 is 0 Å². The second-order valence-electron chi connectivity index (χ2n) is 7.26. The van der Waals surface area contributed by atoms with Gasteiger partial charge in [-0.25, -0.2) is 9.42 Å². The maximum absolute atomic E-state index is 12.6. The second kappa shape index (κ2) is 9.49. The maximum atomic E-state index is 12.6. The van der Waals surface area contributed by atoms with Crippen LogP contribution in [0.3, 0.4) is 0 Å². The fraction of sp³-hybridized carbons (Fsp3) is 0.227. The number of hydrogen-bond donors (Lipinski definition) is 3. The quantitative estimate of drug-likeness (QED) is 0.465. The minimum atomic E-state index is -1.28. The SMILES string of the molecule is O=C(O)CN(CCO)C(=O)c1nonc1NC(=O)OCC1c2ccccc2-c2ccccc21. The van der Waals surface area contributed by atoms with Crippen molar-refractivity contribution < 1.29 is 34.0 Å². The lowest BCUT2D eigenvalue weighted by Gasteiger charge is -2.18. The van der Waals surface area contributed by atoms with Crippen molar-refractivity contribution in [3.63, 3.8) is 0 Å². The molecule has 0 fully saturated rings. The number of carbonyl (C=O) groups is 3. The summed E-state index contributed by atoms with van der Waals surface area (Å²) >= 11 is 0. The van der Waals surface area contributed by atoms with Crippen LogP contribution in [0.5, 0.6) is 0 Å². The molecule has 0 aliphatic heterocycles. The first-order valence-corrected chi connectivity index (χ1v) is 10.1. The Bertz CT molecular complexity index is 1150. The summed E-state index contributed by atoms with van der Waals surface area (Å²) in [6.07, 6.45) is -0.881. The van der Waals surface area contributed by atoms with E-state index in [1.165, 1.54) is 0 Å². The van der Waals surface area contributed by atoms with E-state index < -0.39 is 36.8 Å². The van der Waals surface area contributed by atoms with Gasteiger partial charge in [0, 0.05) is 12.5 Å². The molecule has 0 atom stereocenters. The standard InChI is InChI=1S/C22H20N4O7/c27-10-9-26(11-18(28)29)21(30)19-20(25-33-24-19)23-22(31)32-12-17-15-7-3-1-5-13(15)14-6-2-4-8-16(14)17/h1-8,17,27H,9-12H2,(H,28,29)(H,23,25,31). The first-order valence-electron chi connectivity index (χ1n) is 10.1. The fourth-order valence-corrected chi connectivity index (χ4v) is 3.83. The topological polar surface area (TPSA) is 155 Å². The summed E-state index contributed by atoms with van der Waals surface area (Å²) < 4.78 is 9.95. The number of aliphatic carboxylic acids is 1. The highest BCUT2D eigenvalue weighted by Gasteiger charge is 2.30. The van der Waals surface area contributed by atoms with Crippen LogP contribution in [0.4, 0.5) is 10.6 Å². The zero-order chi connectivity index (χ0) is 23.4. The zero-order valence-electron chi connectivity index (χ0n) is 17.3. The lowest BCUT2D eigenvalue weighted by Crippen LogP contribution is -2.38. The van der Waals surface area contributed by atoms with Gasteiger partial charge in [0.25, 0.3) is 5.91 Å². The lowest BCUT2D eigenvalue weighted by atomic mass is 9.98. The number of aromatic nitrogens is 2. The molecule has 33 heavy (non-hydrogen) atoms. The number of rotatable bonds is 8. The summed E-state index contributed by atoms with van der Waals surface area (Å²) in [4.78, 5) is 36.8. The van der Waals surface area contributed by atoms with Crippen molar-refractivity contribution in [3.8, 4) is 11.1 Å². The molecule has 2 amide bonds. The predicted octanol–water partition coefficient (Wildman–Crippen LogP) is 1.95. The number of hydrogen-bond acceptors (Lipinski definition) is 8. The number of anilines is 1. The van der Waals surface area contributed by atoms with Crippen LogP contribution in [0.15, 0.2) is 53.2 Å². The Morgan fingerprint density at radius 2 is 1.67 bits per heavy atom. The smallest absolute Gasteiger partial charge is 0.412 e. The summed E-state index contributed by atoms with van der Waals surface area (Å²) in [7, 11) is 0. The van der Waals surface area contributed by atoms with Crippen molar-refractivity contribution in [1.82, 2.24) is 15.2 Å². The van der Waals surface area contributed by atoms with Gasteiger partial charge in [0.2, 0.25) is 11.5 Å². The zero-order valence-corrected chi connectivity index (χ0v) is 17.3. The van der Waals surface area contributed by atoms with Crippen molar-refractivity contribution >= 4 is 23.8 Å². The summed E-state index contributed by atoms with van der Waals surface area (Å²) in [5, 5.41) is 27.3. The molecule has 1 aromatic heterocycles. The molecule has 1 heterocycles. The van der Waals surface area contributed by atoms with E-state index in [9.17, 15) is 14.4 Å². The molecular formula is C22H20N4O7. The average Bonchev–Trinajstić information content (AvgIpc) is 3.39. The Balaban J connectivity index is 1.44. The number of carboxylic acids is 1. The summed E-state index contributed by atoms with van der Waals surface area (Å²) in [5.74, 6) is -2.62. The number of aliphatic hydroxyl groups is 1. The van der Waals surface area contributed by atoms with E-state index in [0.717, 1.165) is 27.2 Å². The Morgan fingerprint density at radius 1 is 1.03 bits per heavy atom. The largest absolute Gasteiger partial charge is 0.480 e. The van der Waals surface area contributed by atoms with Crippen molar-refractivity contribution in [2.45, 2.75) is 5.92 Å². The Kier molecular flexibility index (Phi) is 6.31. The van der Waals surface area contributed by atoms with Gasteiger partial charge in [-0.3, -0.25) is 14.9 Å². The van der Waals surface area contributed by atoms with Crippen LogP contribution in [0.1, 0.15) is 27.5 Å². The van der Waals surface area contributed by atoms with E-state index >= 15 is 0 Å². The van der Waals surface area contributed by atoms with Crippen molar-refractivity contribution in [2.75, 3.05) is 31.6 Å². The molecule has 0 saturated carbocycles. The number of nitrogens with one attached hydrogen (secondary N) is 1. The third-order valence-electron chi connectivity index (χ3n) is 5.24. The Morgan fingerprint density at radius 3 is 2.27 bits per heavy atom. The molecule has 4 rings (SSSR count). The van der Waals surface area contributed by atoms with Crippen LogP contribution in [-0.4, -0.2) is 69.7 Å². The molecular weight excluding hydrogens is 432 g/mol. The van der Waals surface area contributed by atoms with Gasteiger partial charge in [-0.15, -0.1) is 0 Å². The third-order valence-corrected chi connectivity index (χ3v) is 5.24. The lowest BCUT2D eigenvalue weighted by molar-refractivity contribution is -0.137. The van der Waals surface area contributed by atoms with Crippen LogP contribution in [0.25, 0.3) is 11.1 Å². The van der Waals surface area contributed by atoms with Crippen LogP contribution in [-0.2, 0) is 9.53 Å². The second-order valence-corrected chi connectivity index (χ2v) is 7.26. The van der Waals surface area contributed by atoms with Crippen LogP contribution < -0.4 is 5.32 Å². The molecule has 3 N–H and O–H groups in total. The van der Waals surface area contributed by atoms with Gasteiger partial charge in [-0.1, -0.05) is 48.5 Å². The number of amides is 2. The highest BCUT2D eigenvalue weighted by Crippen LogP contribution is 2.44. The summed E-state index contributed by atoms with van der Waals surface area (Å²) in [5.41, 5.74) is 3.84. The van der Waals surface area contributed by atoms with E-state index in [-0.39, 0.29) is 24.9 Å². The highest BCUT2D eigenvalue weighted by molar-refractivity contribution is 6.00. The van der Waals surface area contributed by atoms with Gasteiger partial charge in [0.15, 0.2) is 0 Å². The third kappa shape index (κ3) is 4.53. The molecule has 0 bridgehead atoms. The number of benzene rings is 2. The maximum Gasteiger partial charge on any atom is 0.412 e. The van der Waals surface area contributed by atoms with Crippen LogP contribution in [0, 0.1) is 0 Å². The van der Waals surface area contributed by atoms with Crippen LogP contribution in [0.2, 0.25) is 0 Å². The van der Waals surface area contributed by atoms with E-state index in [0.29, 0.717) is 0 Å². The van der Waals surface area contributed by atoms with E-state index in [1.807, 2.05) is 48.5 Å². The molecule has 0 unspecified atom stereocenters. The molecule has 1 aliphatic rings. The Labute approximate surface area is 187 Å². The molecule has 0 spiro atoms. The van der Waals surface area contributed by atoms with Gasteiger partial charge in [0.05, 0.1) is 6.61 Å². The predicted molar refractivity (Wildman–Crippen MR) is 114 cm³/mol. The highest BCUT2D eigenvalue weighted by atomic mass is 16.6. The average molecular weight is 452 g/mol. The summed E-state index contributed by atoms with van der Waals surface area (Å²) in [6.45, 7) is -1.33. The Hall–Kier alpha value is -4.25.